The second kappa shape index (κ2) is 10.9. The molecule has 0 spiro atoms. The van der Waals surface area contributed by atoms with Crippen LogP contribution in [0.5, 0.6) is 0 Å². The Morgan fingerprint density at radius 2 is 2.04 bits per heavy atom. The molecule has 1 aromatic heterocycles. The van der Waals surface area contributed by atoms with Crippen LogP contribution in [-0.2, 0) is 6.42 Å². The van der Waals surface area contributed by atoms with E-state index in [2.05, 4.69) is 54.8 Å². The lowest BCUT2D eigenvalue weighted by Crippen LogP contribution is -2.41. The summed E-state index contributed by atoms with van der Waals surface area (Å²) in [6.45, 7) is 15.8. The van der Waals surface area contributed by atoms with Crippen molar-refractivity contribution in [1.82, 2.24) is 15.5 Å². The minimum Gasteiger partial charge on any atom is -0.469 e. The Morgan fingerprint density at radius 3 is 2.61 bits per heavy atom. The van der Waals surface area contributed by atoms with E-state index in [1.807, 2.05) is 18.2 Å². The van der Waals surface area contributed by atoms with Gasteiger partial charge in [0.2, 0.25) is 0 Å². The SMILES string of the molecule is C=CCNC(=NCCN(C(C)C)C(C)C)NCCc1ccco1. The molecule has 23 heavy (non-hydrogen) atoms. The van der Waals surface area contributed by atoms with E-state index in [0.717, 1.165) is 37.8 Å². The zero-order valence-corrected chi connectivity index (χ0v) is 15.0. The van der Waals surface area contributed by atoms with Crippen molar-refractivity contribution in [3.05, 3.63) is 36.8 Å². The van der Waals surface area contributed by atoms with Crippen LogP contribution in [0.4, 0.5) is 0 Å². The first-order valence-electron chi connectivity index (χ1n) is 8.45. The molecule has 0 radical (unpaired) electrons. The third kappa shape index (κ3) is 7.88. The van der Waals surface area contributed by atoms with Gasteiger partial charge in [0.05, 0.1) is 12.8 Å². The van der Waals surface area contributed by atoms with Gasteiger partial charge in [0.1, 0.15) is 5.76 Å². The number of aliphatic imine (C=N–C) groups is 1. The van der Waals surface area contributed by atoms with Crippen LogP contribution in [-0.4, -0.2) is 49.1 Å². The van der Waals surface area contributed by atoms with Crippen LogP contribution < -0.4 is 10.6 Å². The summed E-state index contributed by atoms with van der Waals surface area (Å²) in [5, 5.41) is 6.59. The quantitative estimate of drug-likeness (QED) is 0.395. The van der Waals surface area contributed by atoms with Gasteiger partial charge in [-0.2, -0.15) is 0 Å². The minimum atomic E-state index is 0.529. The number of furan rings is 1. The van der Waals surface area contributed by atoms with E-state index in [4.69, 9.17) is 4.42 Å². The number of nitrogens with one attached hydrogen (secondary N) is 2. The normalized spacial score (nSPS) is 12.2. The van der Waals surface area contributed by atoms with Crippen molar-refractivity contribution in [2.45, 2.75) is 46.2 Å². The summed E-state index contributed by atoms with van der Waals surface area (Å²) in [5.74, 6) is 1.80. The highest BCUT2D eigenvalue weighted by atomic mass is 16.3. The third-order valence-electron chi connectivity index (χ3n) is 3.61. The molecule has 5 heteroatoms. The molecule has 1 rings (SSSR count). The summed E-state index contributed by atoms with van der Waals surface area (Å²) in [6.07, 6.45) is 4.37. The van der Waals surface area contributed by atoms with Gasteiger partial charge in [0, 0.05) is 38.1 Å². The van der Waals surface area contributed by atoms with E-state index >= 15 is 0 Å². The molecule has 0 fully saturated rings. The molecule has 0 aliphatic rings. The van der Waals surface area contributed by atoms with Gasteiger partial charge < -0.3 is 15.1 Å². The summed E-state index contributed by atoms with van der Waals surface area (Å²) < 4.78 is 5.34. The van der Waals surface area contributed by atoms with Crippen molar-refractivity contribution in [1.29, 1.82) is 0 Å². The second-order valence-electron chi connectivity index (χ2n) is 6.08. The summed E-state index contributed by atoms with van der Waals surface area (Å²) in [4.78, 5) is 7.10. The largest absolute Gasteiger partial charge is 0.469 e. The highest BCUT2D eigenvalue weighted by Crippen LogP contribution is 2.04. The van der Waals surface area contributed by atoms with Crippen LogP contribution >= 0.6 is 0 Å². The van der Waals surface area contributed by atoms with Crippen molar-refractivity contribution in [2.24, 2.45) is 4.99 Å². The molecule has 0 saturated carbocycles. The van der Waals surface area contributed by atoms with Crippen molar-refractivity contribution < 1.29 is 4.42 Å². The summed E-state index contributed by atoms with van der Waals surface area (Å²) in [5.41, 5.74) is 0. The van der Waals surface area contributed by atoms with Crippen LogP contribution in [0.3, 0.4) is 0 Å². The highest BCUT2D eigenvalue weighted by Gasteiger charge is 2.12. The Bertz CT molecular complexity index is 444. The Kier molecular flexibility index (Phi) is 9.14. The molecule has 5 nitrogen and oxygen atoms in total. The third-order valence-corrected chi connectivity index (χ3v) is 3.61. The first-order chi connectivity index (χ1) is 11.0. The molecule has 1 heterocycles. The number of nitrogens with zero attached hydrogens (tertiary/aromatic N) is 2. The van der Waals surface area contributed by atoms with Gasteiger partial charge in [0.25, 0.3) is 0 Å². The van der Waals surface area contributed by atoms with E-state index in [-0.39, 0.29) is 0 Å². The minimum absolute atomic E-state index is 0.529. The summed E-state index contributed by atoms with van der Waals surface area (Å²) >= 11 is 0. The van der Waals surface area contributed by atoms with E-state index in [1.165, 1.54) is 0 Å². The number of guanidine groups is 1. The van der Waals surface area contributed by atoms with Gasteiger partial charge >= 0.3 is 0 Å². The van der Waals surface area contributed by atoms with Crippen LogP contribution in [0.15, 0.2) is 40.5 Å². The molecule has 2 N–H and O–H groups in total. The topological polar surface area (TPSA) is 52.8 Å². The molecule has 1 aromatic rings. The van der Waals surface area contributed by atoms with Crippen molar-refractivity contribution in [3.63, 3.8) is 0 Å². The molecule has 0 atom stereocenters. The predicted molar refractivity (Wildman–Crippen MR) is 97.9 cm³/mol. The van der Waals surface area contributed by atoms with E-state index in [9.17, 15) is 0 Å². The summed E-state index contributed by atoms with van der Waals surface area (Å²) in [7, 11) is 0. The molecule has 0 unspecified atom stereocenters. The van der Waals surface area contributed by atoms with Gasteiger partial charge in [-0.15, -0.1) is 6.58 Å². The number of hydrogen-bond acceptors (Lipinski definition) is 3. The zero-order valence-electron chi connectivity index (χ0n) is 15.0. The Morgan fingerprint density at radius 1 is 1.30 bits per heavy atom. The highest BCUT2D eigenvalue weighted by molar-refractivity contribution is 5.79. The molecule has 0 saturated heterocycles. The zero-order chi connectivity index (χ0) is 17.1. The Labute approximate surface area is 140 Å². The van der Waals surface area contributed by atoms with Crippen molar-refractivity contribution in [2.75, 3.05) is 26.2 Å². The Hall–Kier alpha value is -1.75. The molecule has 0 amide bonds. The van der Waals surface area contributed by atoms with E-state index in [0.29, 0.717) is 18.6 Å². The fourth-order valence-corrected chi connectivity index (χ4v) is 2.49. The monoisotopic (exact) mass is 320 g/mol. The van der Waals surface area contributed by atoms with Gasteiger partial charge in [0.15, 0.2) is 5.96 Å². The van der Waals surface area contributed by atoms with Gasteiger partial charge in [-0.1, -0.05) is 6.08 Å². The van der Waals surface area contributed by atoms with Crippen molar-refractivity contribution in [3.8, 4) is 0 Å². The lowest BCUT2D eigenvalue weighted by molar-refractivity contribution is 0.181. The van der Waals surface area contributed by atoms with Crippen LogP contribution in [0.1, 0.15) is 33.5 Å². The van der Waals surface area contributed by atoms with Gasteiger partial charge in [-0.05, 0) is 39.8 Å². The van der Waals surface area contributed by atoms with Gasteiger partial charge in [-0.3, -0.25) is 9.89 Å². The number of rotatable bonds is 10. The first-order valence-corrected chi connectivity index (χ1v) is 8.45. The molecule has 0 aromatic carbocycles. The average Bonchev–Trinajstić information content (AvgIpc) is 3.00. The molecular weight excluding hydrogens is 288 g/mol. The van der Waals surface area contributed by atoms with E-state index < -0.39 is 0 Å². The molecule has 0 aliphatic heterocycles. The first kappa shape index (κ1) is 19.3. The van der Waals surface area contributed by atoms with E-state index in [1.54, 1.807) is 6.26 Å². The maximum absolute atomic E-state index is 5.34. The lowest BCUT2D eigenvalue weighted by Gasteiger charge is -2.29. The maximum atomic E-state index is 5.34. The number of hydrogen-bond donors (Lipinski definition) is 2. The standard InChI is InChI=1S/C18H32N4O/c1-6-10-19-18(20-11-9-17-8-7-14-23-17)21-12-13-22(15(2)3)16(4)5/h6-8,14-16H,1,9-13H2,2-5H3,(H2,19,20,21). The van der Waals surface area contributed by atoms with Crippen LogP contribution in [0.25, 0.3) is 0 Å². The summed E-state index contributed by atoms with van der Waals surface area (Å²) in [6, 6.07) is 4.95. The second-order valence-corrected chi connectivity index (χ2v) is 6.08. The molecule has 0 bridgehead atoms. The smallest absolute Gasteiger partial charge is 0.191 e. The lowest BCUT2D eigenvalue weighted by atomic mass is 10.2. The van der Waals surface area contributed by atoms with Crippen LogP contribution in [0.2, 0.25) is 0 Å². The fraction of sp³-hybridized carbons (Fsp3) is 0.611. The molecule has 130 valence electrons. The fourth-order valence-electron chi connectivity index (χ4n) is 2.49. The predicted octanol–water partition coefficient (Wildman–Crippen LogP) is 2.66. The van der Waals surface area contributed by atoms with Crippen LogP contribution in [0, 0.1) is 0 Å². The molecular formula is C18H32N4O. The average molecular weight is 320 g/mol. The molecule has 0 aliphatic carbocycles. The van der Waals surface area contributed by atoms with Crippen molar-refractivity contribution >= 4 is 5.96 Å². The van der Waals surface area contributed by atoms with Gasteiger partial charge in [-0.25, -0.2) is 0 Å². The Balaban J connectivity index is 2.45. The maximum Gasteiger partial charge on any atom is 0.191 e.